The standard InChI is InChI=1S/C13H15N3O4S/c1-9-3-4-11(7-10(9)2)21(19,20)16-6-5-15(13(16)18)8-12(14)17/h3-7H,8H2,1-2H3,(H2,14,17). The molecule has 0 atom stereocenters. The van der Waals surface area contributed by atoms with Crippen molar-refractivity contribution in [3.05, 3.63) is 52.2 Å². The Morgan fingerprint density at radius 3 is 2.43 bits per heavy atom. The van der Waals surface area contributed by atoms with Crippen LogP contribution in [0.25, 0.3) is 0 Å². The number of imidazole rings is 1. The van der Waals surface area contributed by atoms with E-state index in [-0.39, 0.29) is 11.4 Å². The fourth-order valence-corrected chi connectivity index (χ4v) is 3.17. The van der Waals surface area contributed by atoms with E-state index in [1.165, 1.54) is 18.3 Å². The molecular weight excluding hydrogens is 294 g/mol. The Morgan fingerprint density at radius 1 is 1.19 bits per heavy atom. The summed E-state index contributed by atoms with van der Waals surface area (Å²) in [6, 6.07) is 4.62. The van der Waals surface area contributed by atoms with Gasteiger partial charge in [-0.3, -0.25) is 9.36 Å². The predicted molar refractivity (Wildman–Crippen MR) is 76.4 cm³/mol. The SMILES string of the molecule is Cc1ccc(S(=O)(=O)n2ccn(CC(N)=O)c2=O)cc1C. The van der Waals surface area contributed by atoms with E-state index >= 15 is 0 Å². The smallest absolute Gasteiger partial charge is 0.342 e. The van der Waals surface area contributed by atoms with Gasteiger partial charge >= 0.3 is 5.69 Å². The fourth-order valence-electron chi connectivity index (χ4n) is 1.85. The Bertz CT molecular complexity index is 862. The zero-order valence-electron chi connectivity index (χ0n) is 11.6. The molecular formula is C13H15N3O4S. The summed E-state index contributed by atoms with van der Waals surface area (Å²) in [5.74, 6) is -0.724. The van der Waals surface area contributed by atoms with Crippen LogP contribution < -0.4 is 11.4 Å². The van der Waals surface area contributed by atoms with E-state index in [0.29, 0.717) is 3.97 Å². The van der Waals surface area contributed by atoms with E-state index in [2.05, 4.69) is 0 Å². The highest BCUT2D eigenvalue weighted by Gasteiger charge is 2.21. The Hall–Kier alpha value is -2.35. The lowest BCUT2D eigenvalue weighted by Gasteiger charge is -2.07. The number of aryl methyl sites for hydroxylation is 2. The zero-order valence-corrected chi connectivity index (χ0v) is 12.4. The molecule has 0 aliphatic heterocycles. The van der Waals surface area contributed by atoms with Crippen molar-refractivity contribution in [3.63, 3.8) is 0 Å². The third-order valence-electron chi connectivity index (χ3n) is 3.18. The minimum absolute atomic E-state index is 0.0181. The van der Waals surface area contributed by atoms with Gasteiger partial charge in [0.15, 0.2) is 0 Å². The molecule has 7 nitrogen and oxygen atoms in total. The molecule has 8 heteroatoms. The summed E-state index contributed by atoms with van der Waals surface area (Å²) in [7, 11) is -3.99. The van der Waals surface area contributed by atoms with Crippen molar-refractivity contribution >= 4 is 15.9 Å². The van der Waals surface area contributed by atoms with Gasteiger partial charge in [0.05, 0.1) is 4.90 Å². The number of carbonyl (C=O) groups is 1. The normalized spacial score (nSPS) is 11.5. The maximum Gasteiger partial charge on any atom is 0.342 e. The molecule has 2 N–H and O–H groups in total. The minimum Gasteiger partial charge on any atom is -0.368 e. The average molecular weight is 309 g/mol. The van der Waals surface area contributed by atoms with E-state index < -0.39 is 21.6 Å². The lowest BCUT2D eigenvalue weighted by Crippen LogP contribution is -2.32. The molecule has 2 aromatic rings. The largest absolute Gasteiger partial charge is 0.368 e. The minimum atomic E-state index is -3.99. The lowest BCUT2D eigenvalue weighted by atomic mass is 10.1. The second kappa shape index (κ2) is 5.21. The molecule has 1 aromatic heterocycles. The van der Waals surface area contributed by atoms with Crippen molar-refractivity contribution in [2.45, 2.75) is 25.3 Å². The van der Waals surface area contributed by atoms with Crippen molar-refractivity contribution in [2.24, 2.45) is 5.73 Å². The molecule has 0 unspecified atom stereocenters. The molecule has 0 aliphatic carbocycles. The van der Waals surface area contributed by atoms with Crippen LogP contribution >= 0.6 is 0 Å². The second-order valence-corrected chi connectivity index (χ2v) is 6.54. The number of rotatable bonds is 4. The number of benzene rings is 1. The topological polar surface area (TPSA) is 104 Å². The summed E-state index contributed by atoms with van der Waals surface area (Å²) in [4.78, 5) is 22.9. The van der Waals surface area contributed by atoms with Gasteiger partial charge in [-0.25, -0.2) is 13.2 Å². The van der Waals surface area contributed by atoms with Crippen LogP contribution in [-0.2, 0) is 21.4 Å². The van der Waals surface area contributed by atoms with Gasteiger partial charge in [0, 0.05) is 12.4 Å². The Labute approximate surface area is 121 Å². The second-order valence-electron chi connectivity index (χ2n) is 4.72. The van der Waals surface area contributed by atoms with Crippen molar-refractivity contribution < 1.29 is 13.2 Å². The predicted octanol–water partition coefficient (Wildman–Crippen LogP) is -0.0111. The number of hydrogen-bond acceptors (Lipinski definition) is 4. The van der Waals surface area contributed by atoms with Crippen LogP contribution in [0.4, 0.5) is 0 Å². The van der Waals surface area contributed by atoms with Crippen molar-refractivity contribution in [1.29, 1.82) is 0 Å². The van der Waals surface area contributed by atoms with Crippen molar-refractivity contribution in [3.8, 4) is 0 Å². The van der Waals surface area contributed by atoms with E-state index in [1.807, 2.05) is 6.92 Å². The van der Waals surface area contributed by atoms with Crippen LogP contribution in [0.1, 0.15) is 11.1 Å². The van der Waals surface area contributed by atoms with Gasteiger partial charge < -0.3 is 5.73 Å². The highest BCUT2D eigenvalue weighted by atomic mass is 32.2. The first kappa shape index (κ1) is 15.0. The summed E-state index contributed by atoms with van der Waals surface area (Å²) in [5, 5.41) is 0. The molecule has 0 saturated heterocycles. The van der Waals surface area contributed by atoms with E-state index in [0.717, 1.165) is 21.9 Å². The molecule has 21 heavy (non-hydrogen) atoms. The molecule has 0 saturated carbocycles. The molecule has 112 valence electrons. The molecule has 1 heterocycles. The van der Waals surface area contributed by atoms with E-state index in [4.69, 9.17) is 5.73 Å². The van der Waals surface area contributed by atoms with Crippen LogP contribution in [0.2, 0.25) is 0 Å². The van der Waals surface area contributed by atoms with E-state index in [9.17, 15) is 18.0 Å². The maximum atomic E-state index is 12.5. The zero-order chi connectivity index (χ0) is 15.8. The fraction of sp³-hybridized carbons (Fsp3) is 0.231. The third-order valence-corrected chi connectivity index (χ3v) is 4.82. The molecule has 0 bridgehead atoms. The summed E-state index contributed by atoms with van der Waals surface area (Å²) in [6.07, 6.45) is 2.32. The van der Waals surface area contributed by atoms with Crippen LogP contribution in [0.3, 0.4) is 0 Å². The Morgan fingerprint density at radius 2 is 1.86 bits per heavy atom. The van der Waals surface area contributed by atoms with Gasteiger partial charge in [-0.1, -0.05) is 6.07 Å². The number of amides is 1. The van der Waals surface area contributed by atoms with Crippen molar-refractivity contribution in [2.75, 3.05) is 0 Å². The monoisotopic (exact) mass is 309 g/mol. The Balaban J connectivity index is 2.54. The van der Waals surface area contributed by atoms with Gasteiger partial charge in [-0.05, 0) is 37.1 Å². The van der Waals surface area contributed by atoms with Gasteiger partial charge in [-0.15, -0.1) is 0 Å². The van der Waals surface area contributed by atoms with Crippen LogP contribution in [0, 0.1) is 13.8 Å². The van der Waals surface area contributed by atoms with Crippen LogP contribution in [0.5, 0.6) is 0 Å². The molecule has 1 aromatic carbocycles. The molecule has 2 rings (SSSR count). The number of primary amides is 1. The number of aromatic nitrogens is 2. The molecule has 0 aliphatic rings. The first-order valence-electron chi connectivity index (χ1n) is 6.12. The number of hydrogen-bond donors (Lipinski definition) is 1. The van der Waals surface area contributed by atoms with Gasteiger partial charge in [0.1, 0.15) is 6.54 Å². The first-order valence-corrected chi connectivity index (χ1v) is 7.56. The number of nitrogens with two attached hydrogens (primary N) is 1. The van der Waals surface area contributed by atoms with Crippen molar-refractivity contribution in [1.82, 2.24) is 8.54 Å². The maximum absolute atomic E-state index is 12.5. The average Bonchev–Trinajstić information content (AvgIpc) is 2.74. The summed E-state index contributed by atoms with van der Waals surface area (Å²) in [5.41, 5.74) is 5.93. The third kappa shape index (κ3) is 2.75. The van der Waals surface area contributed by atoms with E-state index in [1.54, 1.807) is 13.0 Å². The molecule has 0 spiro atoms. The highest BCUT2D eigenvalue weighted by molar-refractivity contribution is 7.90. The van der Waals surface area contributed by atoms with Crippen LogP contribution in [0.15, 0.2) is 40.3 Å². The quantitative estimate of drug-likeness (QED) is 0.857. The van der Waals surface area contributed by atoms with Gasteiger partial charge in [0.25, 0.3) is 10.0 Å². The molecule has 0 fully saturated rings. The van der Waals surface area contributed by atoms with Gasteiger partial charge in [-0.2, -0.15) is 3.97 Å². The number of carbonyl (C=O) groups excluding carboxylic acids is 1. The highest BCUT2D eigenvalue weighted by Crippen LogP contribution is 2.16. The lowest BCUT2D eigenvalue weighted by molar-refractivity contribution is -0.118. The van der Waals surface area contributed by atoms with Crippen LogP contribution in [-0.4, -0.2) is 22.9 Å². The number of nitrogens with zero attached hydrogens (tertiary/aromatic N) is 2. The molecule has 1 amide bonds. The summed E-state index contributed by atoms with van der Waals surface area (Å²) >= 11 is 0. The summed E-state index contributed by atoms with van der Waals surface area (Å²) in [6.45, 7) is 3.28. The summed E-state index contributed by atoms with van der Waals surface area (Å²) < 4.78 is 26.4. The van der Waals surface area contributed by atoms with Gasteiger partial charge in [0.2, 0.25) is 5.91 Å². The Kier molecular flexibility index (Phi) is 3.73. The first-order chi connectivity index (χ1) is 9.73. The molecule has 0 radical (unpaired) electrons.